The zero-order valence-electron chi connectivity index (χ0n) is 10.9. The Hall–Kier alpha value is -1.13. The van der Waals surface area contributed by atoms with Crippen LogP contribution >= 0.6 is 15.9 Å². The van der Waals surface area contributed by atoms with E-state index in [0.29, 0.717) is 0 Å². The van der Waals surface area contributed by atoms with Gasteiger partial charge in [-0.2, -0.15) is 5.10 Å². The van der Waals surface area contributed by atoms with Gasteiger partial charge in [-0.3, -0.25) is 4.68 Å². The zero-order chi connectivity index (χ0) is 13.1. The molecule has 0 radical (unpaired) electrons. The first-order valence-electron chi connectivity index (χ1n) is 6.10. The molecule has 0 saturated heterocycles. The Morgan fingerprint density at radius 1 is 1.39 bits per heavy atom. The van der Waals surface area contributed by atoms with Crippen molar-refractivity contribution in [1.82, 2.24) is 15.1 Å². The molecule has 1 heterocycles. The van der Waals surface area contributed by atoms with Crippen LogP contribution in [0.4, 0.5) is 0 Å². The van der Waals surface area contributed by atoms with E-state index >= 15 is 0 Å². The molecule has 1 atom stereocenters. The Kier molecular flexibility index (Phi) is 4.19. The van der Waals surface area contributed by atoms with Gasteiger partial charge >= 0.3 is 0 Å². The van der Waals surface area contributed by atoms with Crippen molar-refractivity contribution < 1.29 is 0 Å². The molecule has 0 aliphatic rings. The molecule has 0 spiro atoms. The maximum atomic E-state index is 4.25. The van der Waals surface area contributed by atoms with Crippen LogP contribution in [0.15, 0.2) is 34.9 Å². The third-order valence-corrected chi connectivity index (χ3v) is 3.97. The highest BCUT2D eigenvalue weighted by atomic mass is 79.9. The van der Waals surface area contributed by atoms with Crippen LogP contribution < -0.4 is 5.32 Å². The standard InChI is InChI=1S/C14H18BrN3/c1-4-16-14(13-7-8-17-18(13)3)11-5-6-12(15)10(2)9-11/h5-9,14,16H,4H2,1-3H3. The first kappa shape index (κ1) is 13.3. The second-order valence-electron chi connectivity index (χ2n) is 4.38. The van der Waals surface area contributed by atoms with E-state index in [1.807, 2.05) is 17.9 Å². The SMILES string of the molecule is CCNC(c1ccc(Br)c(C)c1)c1ccnn1C. The minimum absolute atomic E-state index is 0.189. The van der Waals surface area contributed by atoms with Crippen molar-refractivity contribution in [3.8, 4) is 0 Å². The molecule has 2 rings (SSSR count). The normalized spacial score (nSPS) is 12.7. The number of nitrogens with one attached hydrogen (secondary N) is 1. The molecule has 1 aromatic heterocycles. The fraction of sp³-hybridized carbons (Fsp3) is 0.357. The molecule has 1 unspecified atom stereocenters. The Bertz CT molecular complexity index is 534. The number of aromatic nitrogens is 2. The first-order chi connectivity index (χ1) is 8.63. The van der Waals surface area contributed by atoms with Gasteiger partial charge in [0.25, 0.3) is 0 Å². The fourth-order valence-corrected chi connectivity index (χ4v) is 2.36. The summed E-state index contributed by atoms with van der Waals surface area (Å²) in [6.07, 6.45) is 1.84. The Balaban J connectivity index is 2.41. The number of hydrogen-bond acceptors (Lipinski definition) is 2. The van der Waals surface area contributed by atoms with Crippen LogP contribution in [0.25, 0.3) is 0 Å². The molecule has 0 aliphatic carbocycles. The Morgan fingerprint density at radius 3 is 2.72 bits per heavy atom. The van der Waals surface area contributed by atoms with E-state index in [0.717, 1.165) is 11.0 Å². The summed E-state index contributed by atoms with van der Waals surface area (Å²) in [6.45, 7) is 5.15. The first-order valence-corrected chi connectivity index (χ1v) is 6.90. The number of benzene rings is 1. The largest absolute Gasteiger partial charge is 0.305 e. The van der Waals surface area contributed by atoms with Gasteiger partial charge in [-0.05, 0) is 36.7 Å². The molecule has 4 heteroatoms. The Morgan fingerprint density at radius 2 is 2.17 bits per heavy atom. The molecule has 1 aromatic carbocycles. The van der Waals surface area contributed by atoms with E-state index < -0.39 is 0 Å². The summed E-state index contributed by atoms with van der Waals surface area (Å²) >= 11 is 3.54. The predicted octanol–water partition coefficient (Wildman–Crippen LogP) is 3.19. The average molecular weight is 308 g/mol. The lowest BCUT2D eigenvalue weighted by atomic mass is 10.0. The highest BCUT2D eigenvalue weighted by Gasteiger charge is 2.16. The summed E-state index contributed by atoms with van der Waals surface area (Å²) in [7, 11) is 1.98. The van der Waals surface area contributed by atoms with Gasteiger partial charge in [-0.25, -0.2) is 0 Å². The van der Waals surface area contributed by atoms with Crippen LogP contribution in [0, 0.1) is 6.92 Å². The molecule has 3 nitrogen and oxygen atoms in total. The summed E-state index contributed by atoms with van der Waals surface area (Å²) in [5.41, 5.74) is 3.69. The molecule has 96 valence electrons. The number of nitrogens with zero attached hydrogens (tertiary/aromatic N) is 2. The van der Waals surface area contributed by atoms with E-state index in [9.17, 15) is 0 Å². The second kappa shape index (κ2) is 5.67. The lowest BCUT2D eigenvalue weighted by molar-refractivity contribution is 0.572. The van der Waals surface area contributed by atoms with Crippen LogP contribution in [0.3, 0.4) is 0 Å². The van der Waals surface area contributed by atoms with Crippen molar-refractivity contribution in [2.75, 3.05) is 6.54 Å². The van der Waals surface area contributed by atoms with E-state index in [4.69, 9.17) is 0 Å². The van der Waals surface area contributed by atoms with Crippen LogP contribution in [0.5, 0.6) is 0 Å². The lowest BCUT2D eigenvalue weighted by Crippen LogP contribution is -2.24. The van der Waals surface area contributed by atoms with Crippen LogP contribution in [-0.2, 0) is 7.05 Å². The monoisotopic (exact) mass is 307 g/mol. The second-order valence-corrected chi connectivity index (χ2v) is 5.23. The van der Waals surface area contributed by atoms with Gasteiger partial charge in [-0.15, -0.1) is 0 Å². The van der Waals surface area contributed by atoms with Crippen LogP contribution in [-0.4, -0.2) is 16.3 Å². The predicted molar refractivity (Wildman–Crippen MR) is 77.6 cm³/mol. The van der Waals surface area contributed by atoms with Crippen LogP contribution in [0.2, 0.25) is 0 Å². The molecule has 0 aliphatic heterocycles. The number of aryl methyl sites for hydroxylation is 2. The minimum Gasteiger partial charge on any atom is -0.305 e. The van der Waals surface area contributed by atoms with Gasteiger partial charge < -0.3 is 5.32 Å². The van der Waals surface area contributed by atoms with E-state index in [2.05, 4.69) is 64.5 Å². The summed E-state index contributed by atoms with van der Waals surface area (Å²) in [4.78, 5) is 0. The highest BCUT2D eigenvalue weighted by Crippen LogP contribution is 2.25. The zero-order valence-corrected chi connectivity index (χ0v) is 12.5. The molecular formula is C14H18BrN3. The van der Waals surface area contributed by atoms with Gasteiger partial charge in [-0.1, -0.05) is 35.0 Å². The van der Waals surface area contributed by atoms with Crippen molar-refractivity contribution in [2.45, 2.75) is 19.9 Å². The molecular weight excluding hydrogens is 290 g/mol. The van der Waals surface area contributed by atoms with E-state index in [-0.39, 0.29) is 6.04 Å². The van der Waals surface area contributed by atoms with Crippen LogP contribution in [0.1, 0.15) is 29.8 Å². The van der Waals surface area contributed by atoms with Crippen molar-refractivity contribution >= 4 is 15.9 Å². The topological polar surface area (TPSA) is 29.9 Å². The number of rotatable bonds is 4. The van der Waals surface area contributed by atoms with Crippen molar-refractivity contribution in [3.05, 3.63) is 51.8 Å². The maximum Gasteiger partial charge on any atom is 0.0748 e. The number of halogens is 1. The fourth-order valence-electron chi connectivity index (χ4n) is 2.11. The third kappa shape index (κ3) is 2.65. The maximum absolute atomic E-state index is 4.25. The highest BCUT2D eigenvalue weighted by molar-refractivity contribution is 9.10. The van der Waals surface area contributed by atoms with Gasteiger partial charge in [0, 0.05) is 17.7 Å². The summed E-state index contributed by atoms with van der Waals surface area (Å²) in [6, 6.07) is 8.71. The molecule has 0 amide bonds. The van der Waals surface area contributed by atoms with Crippen molar-refractivity contribution in [2.24, 2.45) is 7.05 Å². The molecule has 0 bridgehead atoms. The minimum atomic E-state index is 0.189. The third-order valence-electron chi connectivity index (χ3n) is 3.08. The lowest BCUT2D eigenvalue weighted by Gasteiger charge is -2.19. The van der Waals surface area contributed by atoms with Gasteiger partial charge in [0.05, 0.1) is 11.7 Å². The molecule has 1 N–H and O–H groups in total. The smallest absolute Gasteiger partial charge is 0.0748 e. The van der Waals surface area contributed by atoms with Gasteiger partial charge in [0.2, 0.25) is 0 Å². The molecule has 0 fully saturated rings. The molecule has 2 aromatic rings. The van der Waals surface area contributed by atoms with E-state index in [1.54, 1.807) is 0 Å². The molecule has 0 saturated carbocycles. The van der Waals surface area contributed by atoms with E-state index in [1.165, 1.54) is 16.8 Å². The van der Waals surface area contributed by atoms with Crippen molar-refractivity contribution in [3.63, 3.8) is 0 Å². The Labute approximate surface area is 116 Å². The summed E-state index contributed by atoms with van der Waals surface area (Å²) in [5.74, 6) is 0. The quantitative estimate of drug-likeness (QED) is 0.940. The van der Waals surface area contributed by atoms with Gasteiger partial charge in [0.15, 0.2) is 0 Å². The molecule has 18 heavy (non-hydrogen) atoms. The van der Waals surface area contributed by atoms with Crippen molar-refractivity contribution in [1.29, 1.82) is 0 Å². The number of hydrogen-bond donors (Lipinski definition) is 1. The summed E-state index contributed by atoms with van der Waals surface area (Å²) in [5, 5.41) is 7.77. The van der Waals surface area contributed by atoms with Gasteiger partial charge in [0.1, 0.15) is 0 Å². The average Bonchev–Trinajstić information content (AvgIpc) is 2.76. The summed E-state index contributed by atoms with van der Waals surface area (Å²) < 4.78 is 3.07.